The van der Waals surface area contributed by atoms with Gasteiger partial charge in [-0.15, -0.1) is 0 Å². The first-order valence-corrected chi connectivity index (χ1v) is 4.39. The summed E-state index contributed by atoms with van der Waals surface area (Å²) in [5.74, 6) is 1.26. The fourth-order valence-corrected chi connectivity index (χ4v) is 2.72. The molecule has 0 bridgehead atoms. The smallest absolute Gasteiger partial charge is 0.314 e. The van der Waals surface area contributed by atoms with E-state index in [1.54, 1.807) is 4.90 Å². The van der Waals surface area contributed by atoms with Gasteiger partial charge < -0.3 is 10.6 Å². The first-order chi connectivity index (χ1) is 4.72. The molecule has 0 aliphatic carbocycles. The molecule has 2 aliphatic rings. The molecule has 4 heteroatoms. The number of carbonyl (C=O) groups excluding carboxylic acids is 1. The second kappa shape index (κ2) is 1.81. The monoisotopic (exact) mass is 158 g/mol. The van der Waals surface area contributed by atoms with E-state index in [1.807, 2.05) is 11.8 Å². The maximum Gasteiger partial charge on any atom is 0.314 e. The van der Waals surface area contributed by atoms with Crippen molar-refractivity contribution in [3.8, 4) is 0 Å². The molecule has 0 unspecified atom stereocenters. The largest absolute Gasteiger partial charge is 0.351 e. The molecule has 2 aliphatic heterocycles. The van der Waals surface area contributed by atoms with Crippen molar-refractivity contribution >= 4 is 17.8 Å². The van der Waals surface area contributed by atoms with Crippen LogP contribution in [0.25, 0.3) is 0 Å². The molecule has 0 atom stereocenters. The molecule has 2 N–H and O–H groups in total. The summed E-state index contributed by atoms with van der Waals surface area (Å²) in [5, 5.41) is 0. The SMILES string of the molecule is NC(=O)N1CC2(CCS2)C1. The number of carbonyl (C=O) groups is 1. The quantitative estimate of drug-likeness (QED) is 0.549. The number of nitrogens with zero attached hydrogens (tertiary/aromatic N) is 1. The molecule has 2 amide bonds. The van der Waals surface area contributed by atoms with Crippen LogP contribution in [0, 0.1) is 0 Å². The lowest BCUT2D eigenvalue weighted by molar-refractivity contribution is 0.139. The lowest BCUT2D eigenvalue weighted by Gasteiger charge is -2.54. The standard InChI is InChI=1S/C6H10N2OS/c7-5(9)8-3-6(4-8)1-2-10-6/h1-4H2,(H2,7,9). The van der Waals surface area contributed by atoms with Crippen molar-refractivity contribution in [2.24, 2.45) is 5.73 Å². The number of hydrogen-bond acceptors (Lipinski definition) is 2. The fourth-order valence-electron chi connectivity index (χ4n) is 1.45. The Hall–Kier alpha value is -0.380. The molecular weight excluding hydrogens is 148 g/mol. The van der Waals surface area contributed by atoms with Crippen molar-refractivity contribution in [2.45, 2.75) is 11.2 Å². The minimum absolute atomic E-state index is 0.266. The average molecular weight is 158 g/mol. The maximum absolute atomic E-state index is 10.5. The molecule has 56 valence electrons. The molecule has 0 radical (unpaired) electrons. The molecule has 2 heterocycles. The highest BCUT2D eigenvalue weighted by Crippen LogP contribution is 2.47. The summed E-state index contributed by atoms with van der Waals surface area (Å²) >= 11 is 1.97. The van der Waals surface area contributed by atoms with Crippen LogP contribution < -0.4 is 5.73 Å². The van der Waals surface area contributed by atoms with Gasteiger partial charge in [0.1, 0.15) is 0 Å². The number of thioether (sulfide) groups is 1. The van der Waals surface area contributed by atoms with Crippen LogP contribution in [0.5, 0.6) is 0 Å². The average Bonchev–Trinajstić information content (AvgIpc) is 1.54. The van der Waals surface area contributed by atoms with Crippen LogP contribution in [0.2, 0.25) is 0 Å². The summed E-state index contributed by atoms with van der Waals surface area (Å²) in [6.45, 7) is 1.76. The predicted molar refractivity (Wildman–Crippen MR) is 41.0 cm³/mol. The highest BCUT2D eigenvalue weighted by Gasteiger charge is 2.49. The Morgan fingerprint density at radius 3 is 2.50 bits per heavy atom. The van der Waals surface area contributed by atoms with Crippen molar-refractivity contribution in [3.63, 3.8) is 0 Å². The van der Waals surface area contributed by atoms with Crippen LogP contribution in [0.3, 0.4) is 0 Å². The van der Waals surface area contributed by atoms with Crippen molar-refractivity contribution in [3.05, 3.63) is 0 Å². The zero-order chi connectivity index (χ0) is 7.19. The molecule has 2 saturated heterocycles. The fraction of sp³-hybridized carbons (Fsp3) is 0.833. The van der Waals surface area contributed by atoms with E-state index < -0.39 is 0 Å². The topological polar surface area (TPSA) is 46.3 Å². The van der Waals surface area contributed by atoms with E-state index in [2.05, 4.69) is 0 Å². The number of nitrogens with two attached hydrogens (primary N) is 1. The van der Waals surface area contributed by atoms with Crippen molar-refractivity contribution in [2.75, 3.05) is 18.8 Å². The zero-order valence-corrected chi connectivity index (χ0v) is 6.49. The van der Waals surface area contributed by atoms with Gasteiger partial charge in [-0.25, -0.2) is 4.79 Å². The Labute approximate surface area is 63.9 Å². The Bertz CT molecular complexity index is 171. The first-order valence-electron chi connectivity index (χ1n) is 3.40. The van der Waals surface area contributed by atoms with Gasteiger partial charge in [0.15, 0.2) is 0 Å². The Morgan fingerprint density at radius 2 is 2.20 bits per heavy atom. The maximum atomic E-state index is 10.5. The van der Waals surface area contributed by atoms with Crippen LogP contribution in [0.4, 0.5) is 4.79 Å². The van der Waals surface area contributed by atoms with Gasteiger partial charge >= 0.3 is 6.03 Å². The van der Waals surface area contributed by atoms with Gasteiger partial charge in [-0.05, 0) is 12.2 Å². The van der Waals surface area contributed by atoms with Crippen LogP contribution in [-0.2, 0) is 0 Å². The van der Waals surface area contributed by atoms with E-state index in [1.165, 1.54) is 12.2 Å². The highest BCUT2D eigenvalue weighted by atomic mass is 32.2. The van der Waals surface area contributed by atoms with Gasteiger partial charge in [-0.3, -0.25) is 0 Å². The molecule has 10 heavy (non-hydrogen) atoms. The third kappa shape index (κ3) is 0.714. The molecule has 0 aromatic heterocycles. The molecule has 0 aromatic carbocycles. The Morgan fingerprint density at radius 1 is 1.60 bits per heavy atom. The van der Waals surface area contributed by atoms with E-state index >= 15 is 0 Å². The van der Waals surface area contributed by atoms with Crippen LogP contribution in [-0.4, -0.2) is 34.5 Å². The minimum atomic E-state index is -0.266. The minimum Gasteiger partial charge on any atom is -0.351 e. The summed E-state index contributed by atoms with van der Waals surface area (Å²) < 4.78 is 0.440. The number of urea groups is 1. The van der Waals surface area contributed by atoms with E-state index in [9.17, 15) is 4.79 Å². The predicted octanol–water partition coefficient (Wildman–Crippen LogP) is 0.256. The van der Waals surface area contributed by atoms with Crippen molar-refractivity contribution in [1.82, 2.24) is 4.90 Å². The summed E-state index contributed by atoms with van der Waals surface area (Å²) in [5.41, 5.74) is 5.08. The second-order valence-corrected chi connectivity index (χ2v) is 4.54. The van der Waals surface area contributed by atoms with Gasteiger partial charge in [0.25, 0.3) is 0 Å². The van der Waals surface area contributed by atoms with Gasteiger partial charge in [0.05, 0.1) is 4.75 Å². The second-order valence-electron chi connectivity index (χ2n) is 2.98. The normalized spacial score (nSPS) is 27.4. The van der Waals surface area contributed by atoms with E-state index in [0.717, 1.165) is 13.1 Å². The summed E-state index contributed by atoms with van der Waals surface area (Å²) in [6.07, 6.45) is 1.27. The third-order valence-corrected chi connectivity index (χ3v) is 3.72. The lowest BCUT2D eigenvalue weighted by atomic mass is 9.95. The Balaban J connectivity index is 1.88. The van der Waals surface area contributed by atoms with Gasteiger partial charge in [-0.2, -0.15) is 11.8 Å². The third-order valence-electron chi connectivity index (χ3n) is 2.24. The van der Waals surface area contributed by atoms with E-state index in [0.29, 0.717) is 4.75 Å². The highest BCUT2D eigenvalue weighted by molar-refractivity contribution is 8.02. The molecule has 1 spiro atoms. The molecule has 2 fully saturated rings. The molecule has 3 nitrogen and oxygen atoms in total. The van der Waals surface area contributed by atoms with Gasteiger partial charge in [0, 0.05) is 13.1 Å². The molecule has 2 rings (SSSR count). The molecular formula is C6H10N2OS. The number of hydrogen-bond donors (Lipinski definition) is 1. The van der Waals surface area contributed by atoms with Crippen LogP contribution >= 0.6 is 11.8 Å². The number of primary amides is 1. The number of likely N-dealkylation sites (tertiary alicyclic amines) is 1. The van der Waals surface area contributed by atoms with Gasteiger partial charge in [0.2, 0.25) is 0 Å². The molecule has 0 saturated carbocycles. The first kappa shape index (κ1) is 6.34. The Kier molecular flexibility index (Phi) is 1.15. The van der Waals surface area contributed by atoms with E-state index in [4.69, 9.17) is 5.73 Å². The van der Waals surface area contributed by atoms with Gasteiger partial charge in [-0.1, -0.05) is 0 Å². The van der Waals surface area contributed by atoms with Crippen molar-refractivity contribution < 1.29 is 4.79 Å². The lowest BCUT2D eigenvalue weighted by Crippen LogP contribution is -2.66. The van der Waals surface area contributed by atoms with Crippen molar-refractivity contribution in [1.29, 1.82) is 0 Å². The number of rotatable bonds is 0. The summed E-state index contributed by atoms with van der Waals surface area (Å²) in [6, 6.07) is -0.266. The van der Waals surface area contributed by atoms with Crippen LogP contribution in [0.1, 0.15) is 6.42 Å². The molecule has 0 aromatic rings. The summed E-state index contributed by atoms with van der Waals surface area (Å²) in [7, 11) is 0. The summed E-state index contributed by atoms with van der Waals surface area (Å²) in [4.78, 5) is 12.2. The van der Waals surface area contributed by atoms with Crippen LogP contribution in [0.15, 0.2) is 0 Å². The zero-order valence-electron chi connectivity index (χ0n) is 5.67. The van der Waals surface area contributed by atoms with E-state index in [-0.39, 0.29) is 6.03 Å². The number of amides is 2.